The highest BCUT2D eigenvalue weighted by Crippen LogP contribution is 2.49. The second-order valence-corrected chi connectivity index (χ2v) is 8.47. The number of fused-ring (bicyclic) bond motifs is 1. The van der Waals surface area contributed by atoms with E-state index in [2.05, 4.69) is 47.5 Å². The molecule has 1 aliphatic heterocycles. The van der Waals surface area contributed by atoms with Crippen LogP contribution in [0.2, 0.25) is 0 Å². The van der Waals surface area contributed by atoms with E-state index in [1.807, 2.05) is 36.4 Å². The summed E-state index contributed by atoms with van der Waals surface area (Å²) in [6.45, 7) is 2.12. The minimum atomic E-state index is -0.573. The fraction of sp³-hybridized carbons (Fsp3) is 0.107. The first-order valence-corrected chi connectivity index (χ1v) is 11.6. The van der Waals surface area contributed by atoms with E-state index in [4.69, 9.17) is 20.0 Å². The Labute approximate surface area is 207 Å². The zero-order valence-electron chi connectivity index (χ0n) is 19.5. The lowest BCUT2D eigenvalue weighted by atomic mass is 9.82. The Kier molecular flexibility index (Phi) is 5.16. The third kappa shape index (κ3) is 3.37. The zero-order chi connectivity index (χ0) is 24.6. The molecule has 0 amide bonds. The Bertz CT molecular complexity index is 1600. The highest BCUT2D eigenvalue weighted by Gasteiger charge is 2.40. The normalized spacial score (nSPS) is 14.8. The predicted octanol–water partition coefficient (Wildman–Crippen LogP) is 5.30. The van der Waals surface area contributed by atoms with Gasteiger partial charge in [0.2, 0.25) is 11.8 Å². The summed E-state index contributed by atoms with van der Waals surface area (Å²) >= 11 is 0. The van der Waals surface area contributed by atoms with E-state index < -0.39 is 5.92 Å². The number of rotatable bonds is 5. The number of allylic oxidation sites excluding steroid dienone is 1. The Morgan fingerprint density at radius 3 is 2.58 bits per heavy atom. The van der Waals surface area contributed by atoms with Crippen LogP contribution in [0.1, 0.15) is 29.5 Å². The van der Waals surface area contributed by atoms with Crippen molar-refractivity contribution < 1.29 is 9.15 Å². The molecule has 5 aromatic rings. The number of nitriles is 1. The van der Waals surface area contributed by atoms with Crippen LogP contribution in [0.5, 0.6) is 5.88 Å². The van der Waals surface area contributed by atoms with Crippen LogP contribution < -0.4 is 10.5 Å². The molecule has 0 bridgehead atoms. The molecule has 2 aromatic carbocycles. The molecule has 3 aromatic heterocycles. The molecule has 0 spiro atoms. The largest absolute Gasteiger partial charge is 0.463 e. The maximum absolute atomic E-state index is 10.2. The van der Waals surface area contributed by atoms with Crippen molar-refractivity contribution in [3.8, 4) is 40.3 Å². The molecule has 1 unspecified atom stereocenters. The first kappa shape index (κ1) is 21.5. The van der Waals surface area contributed by atoms with Crippen molar-refractivity contribution in [3.63, 3.8) is 0 Å². The summed E-state index contributed by atoms with van der Waals surface area (Å²) in [5.41, 5.74) is 12.5. The summed E-state index contributed by atoms with van der Waals surface area (Å²) in [5.74, 6) is 0.453. The number of aromatic nitrogens is 4. The molecular formula is C28H22N6O2. The van der Waals surface area contributed by atoms with Crippen LogP contribution in [0.15, 0.2) is 95.1 Å². The van der Waals surface area contributed by atoms with Crippen LogP contribution >= 0.6 is 0 Å². The summed E-state index contributed by atoms with van der Waals surface area (Å²) in [6.07, 6.45) is 4.28. The Hall–Kier alpha value is -5.03. The van der Waals surface area contributed by atoms with Gasteiger partial charge in [-0.15, -0.1) is 0 Å². The number of ether oxygens (including phenoxy) is 1. The third-order valence-corrected chi connectivity index (χ3v) is 6.43. The van der Waals surface area contributed by atoms with Crippen molar-refractivity contribution in [1.29, 1.82) is 5.26 Å². The number of nitrogens with zero attached hydrogens (tertiary/aromatic N) is 4. The Morgan fingerprint density at radius 2 is 1.89 bits per heavy atom. The fourth-order valence-corrected chi connectivity index (χ4v) is 4.64. The van der Waals surface area contributed by atoms with Gasteiger partial charge in [0, 0.05) is 5.56 Å². The van der Waals surface area contributed by atoms with Crippen LogP contribution in [0.25, 0.3) is 28.4 Å². The molecule has 36 heavy (non-hydrogen) atoms. The SMILES string of the molecule is CCc1ccc(-c2[nH]ncc2C2C(C#N)=C(N)Oc3c2c(-c2ccco2)nn3-c2ccccc2)cc1. The monoisotopic (exact) mass is 474 g/mol. The molecule has 0 saturated carbocycles. The lowest BCUT2D eigenvalue weighted by Crippen LogP contribution is -2.22. The Morgan fingerprint density at radius 1 is 1.08 bits per heavy atom. The average molecular weight is 475 g/mol. The fourth-order valence-electron chi connectivity index (χ4n) is 4.64. The van der Waals surface area contributed by atoms with Crippen molar-refractivity contribution in [1.82, 2.24) is 20.0 Å². The van der Waals surface area contributed by atoms with E-state index in [1.54, 1.807) is 23.2 Å². The standard InChI is InChI=1S/C28H22N6O2/c1-2-17-10-12-18(13-11-17)25-21(16-31-32-25)23-20(15-29)27(30)36-28-24(23)26(22-9-6-14-35-22)33-34(28)19-7-4-3-5-8-19/h3-14,16,23H,2,30H2,1H3,(H,31,32). The molecule has 0 aliphatic carbocycles. The van der Waals surface area contributed by atoms with Crippen molar-refractivity contribution in [2.45, 2.75) is 19.3 Å². The molecule has 3 N–H and O–H groups in total. The number of aryl methyl sites for hydroxylation is 1. The van der Waals surface area contributed by atoms with Gasteiger partial charge in [-0.05, 0) is 41.8 Å². The predicted molar refractivity (Wildman–Crippen MR) is 134 cm³/mol. The van der Waals surface area contributed by atoms with Gasteiger partial charge >= 0.3 is 0 Å². The van der Waals surface area contributed by atoms with Crippen LogP contribution in [-0.2, 0) is 6.42 Å². The van der Waals surface area contributed by atoms with Gasteiger partial charge in [0.1, 0.15) is 17.3 Å². The summed E-state index contributed by atoms with van der Waals surface area (Å²) in [4.78, 5) is 0. The summed E-state index contributed by atoms with van der Waals surface area (Å²) in [5, 5.41) is 22.5. The molecule has 176 valence electrons. The number of aromatic amines is 1. The summed E-state index contributed by atoms with van der Waals surface area (Å²) in [6, 6.07) is 23.8. The van der Waals surface area contributed by atoms with E-state index >= 15 is 0 Å². The third-order valence-electron chi connectivity index (χ3n) is 6.43. The van der Waals surface area contributed by atoms with Crippen molar-refractivity contribution >= 4 is 0 Å². The molecule has 4 heterocycles. The second-order valence-electron chi connectivity index (χ2n) is 8.47. The number of hydrogen-bond donors (Lipinski definition) is 2. The number of nitrogens with one attached hydrogen (secondary N) is 1. The maximum atomic E-state index is 10.2. The average Bonchev–Trinajstić information content (AvgIpc) is 3.68. The van der Waals surface area contributed by atoms with Crippen LogP contribution in [0.3, 0.4) is 0 Å². The quantitative estimate of drug-likeness (QED) is 0.357. The minimum Gasteiger partial charge on any atom is -0.463 e. The van der Waals surface area contributed by atoms with Crippen molar-refractivity contribution in [2.75, 3.05) is 0 Å². The van der Waals surface area contributed by atoms with Gasteiger partial charge in [0.05, 0.1) is 35.3 Å². The van der Waals surface area contributed by atoms with Gasteiger partial charge in [-0.1, -0.05) is 49.4 Å². The van der Waals surface area contributed by atoms with Crippen molar-refractivity contribution in [2.24, 2.45) is 5.73 Å². The van der Waals surface area contributed by atoms with Crippen molar-refractivity contribution in [3.05, 3.63) is 107 Å². The highest BCUT2D eigenvalue weighted by molar-refractivity contribution is 5.73. The lowest BCUT2D eigenvalue weighted by Gasteiger charge is -2.24. The van der Waals surface area contributed by atoms with Gasteiger partial charge in [-0.3, -0.25) is 5.10 Å². The second kappa shape index (κ2) is 8.64. The molecule has 8 heteroatoms. The first-order chi connectivity index (χ1) is 17.7. The number of H-pyrrole nitrogens is 1. The lowest BCUT2D eigenvalue weighted by molar-refractivity contribution is 0.367. The maximum Gasteiger partial charge on any atom is 0.229 e. The van der Waals surface area contributed by atoms with E-state index in [1.165, 1.54) is 5.56 Å². The molecular weight excluding hydrogens is 452 g/mol. The number of hydrogen-bond acceptors (Lipinski definition) is 6. The van der Waals surface area contributed by atoms with E-state index in [0.29, 0.717) is 22.9 Å². The van der Waals surface area contributed by atoms with E-state index in [0.717, 1.165) is 28.9 Å². The van der Waals surface area contributed by atoms with Crippen LogP contribution in [0, 0.1) is 11.3 Å². The molecule has 8 nitrogen and oxygen atoms in total. The minimum absolute atomic E-state index is 0.0338. The molecule has 0 radical (unpaired) electrons. The van der Waals surface area contributed by atoms with Crippen LogP contribution in [0.4, 0.5) is 0 Å². The smallest absolute Gasteiger partial charge is 0.229 e. The molecule has 0 fully saturated rings. The first-order valence-electron chi connectivity index (χ1n) is 11.6. The van der Waals surface area contributed by atoms with Gasteiger partial charge < -0.3 is 14.9 Å². The van der Waals surface area contributed by atoms with Gasteiger partial charge in [0.25, 0.3) is 0 Å². The van der Waals surface area contributed by atoms with Gasteiger partial charge in [0.15, 0.2) is 5.76 Å². The number of para-hydroxylation sites is 1. The Balaban J connectivity index is 1.61. The topological polar surface area (TPSA) is 119 Å². The van der Waals surface area contributed by atoms with Crippen LogP contribution in [-0.4, -0.2) is 20.0 Å². The van der Waals surface area contributed by atoms with E-state index in [9.17, 15) is 5.26 Å². The number of benzene rings is 2. The summed E-state index contributed by atoms with van der Waals surface area (Å²) < 4.78 is 13.5. The number of furan rings is 1. The zero-order valence-corrected chi connectivity index (χ0v) is 19.5. The highest BCUT2D eigenvalue weighted by atomic mass is 16.5. The molecule has 6 rings (SSSR count). The molecule has 1 aliphatic rings. The van der Waals surface area contributed by atoms with Gasteiger partial charge in [-0.2, -0.15) is 20.1 Å². The van der Waals surface area contributed by atoms with E-state index in [-0.39, 0.29) is 11.5 Å². The molecule has 1 atom stereocenters. The molecule has 0 saturated heterocycles. The van der Waals surface area contributed by atoms with Gasteiger partial charge in [-0.25, -0.2) is 0 Å². The summed E-state index contributed by atoms with van der Waals surface area (Å²) in [7, 11) is 0. The number of nitrogens with two attached hydrogens (primary N) is 1.